The summed E-state index contributed by atoms with van der Waals surface area (Å²) in [4.78, 5) is 10.9. The molecule has 0 bridgehead atoms. The van der Waals surface area contributed by atoms with Crippen molar-refractivity contribution < 1.29 is 39.9 Å². The molecule has 2 nitrogen and oxygen atoms in total. The fourth-order valence-electron chi connectivity index (χ4n) is 1.34. The molecule has 0 spiro atoms. The van der Waals surface area contributed by atoms with Crippen molar-refractivity contribution >= 4 is 11.6 Å². The maximum absolute atomic E-state index is 12.7. The van der Waals surface area contributed by atoms with Crippen LogP contribution in [0, 0.1) is 6.92 Å². The summed E-state index contributed by atoms with van der Waals surface area (Å²) in [6.07, 6.45) is -11.0. The average molecular weight is 321 g/mol. The molecule has 0 aliphatic heterocycles. The summed E-state index contributed by atoms with van der Waals surface area (Å²) in [7, 11) is 0. The number of nitrogens with one attached hydrogen (secondary N) is 1. The van der Waals surface area contributed by atoms with Crippen LogP contribution in [0.3, 0.4) is 0 Å². The van der Waals surface area contributed by atoms with E-state index in [1.165, 1.54) is 0 Å². The highest BCUT2D eigenvalue weighted by molar-refractivity contribution is 5.96. The van der Waals surface area contributed by atoms with Crippen molar-refractivity contribution in [3.05, 3.63) is 29.3 Å². The minimum Gasteiger partial charge on any atom is -0.321 e. The van der Waals surface area contributed by atoms with Crippen LogP contribution in [0.2, 0.25) is 0 Å². The lowest BCUT2D eigenvalue weighted by Crippen LogP contribution is -2.47. The lowest BCUT2D eigenvalue weighted by Gasteiger charge is -2.19. The molecule has 10 heteroatoms. The molecule has 0 heterocycles. The number of carbonyl (C=O) groups is 1. The Kier molecular flexibility index (Phi) is 4.22. The maximum Gasteiger partial charge on any atom is 0.463 e. The number of carbonyl (C=O) groups excluding carboxylic acids is 1. The highest BCUT2D eigenvalue weighted by Crippen LogP contribution is 2.37. The van der Waals surface area contributed by atoms with E-state index >= 15 is 0 Å². The van der Waals surface area contributed by atoms with E-state index in [-0.39, 0.29) is 11.6 Å². The number of rotatable bonds is 2. The molecule has 1 amide bonds. The van der Waals surface area contributed by atoms with Gasteiger partial charge >= 0.3 is 24.2 Å². The van der Waals surface area contributed by atoms with E-state index in [1.807, 2.05) is 0 Å². The molecule has 21 heavy (non-hydrogen) atoms. The first-order valence-electron chi connectivity index (χ1n) is 5.20. The number of aryl methyl sites for hydroxylation is 1. The Labute approximate surface area is 112 Å². The van der Waals surface area contributed by atoms with Crippen LogP contribution in [0.4, 0.5) is 40.8 Å². The topological polar surface area (TPSA) is 29.1 Å². The molecule has 0 unspecified atom stereocenters. The van der Waals surface area contributed by atoms with Gasteiger partial charge in [0.1, 0.15) is 0 Å². The van der Waals surface area contributed by atoms with Gasteiger partial charge in [-0.3, -0.25) is 4.79 Å². The van der Waals surface area contributed by atoms with Crippen LogP contribution in [0.25, 0.3) is 0 Å². The molecule has 0 aliphatic rings. The first kappa shape index (κ1) is 17.2. The first-order chi connectivity index (χ1) is 9.26. The zero-order valence-corrected chi connectivity index (χ0v) is 10.2. The van der Waals surface area contributed by atoms with Gasteiger partial charge in [0.15, 0.2) is 0 Å². The average Bonchev–Trinajstić information content (AvgIpc) is 2.28. The molecule has 0 radical (unpaired) electrons. The Hall–Kier alpha value is -1.87. The second-order valence-electron chi connectivity index (χ2n) is 4.05. The molecule has 1 N–H and O–H groups in total. The van der Waals surface area contributed by atoms with Crippen LogP contribution in [0.15, 0.2) is 18.2 Å². The zero-order chi connectivity index (χ0) is 16.6. The summed E-state index contributed by atoms with van der Waals surface area (Å²) < 4.78 is 98.8. The van der Waals surface area contributed by atoms with Gasteiger partial charge in [-0.2, -0.15) is 35.1 Å². The second-order valence-corrected chi connectivity index (χ2v) is 4.05. The lowest BCUT2D eigenvalue weighted by atomic mass is 10.1. The van der Waals surface area contributed by atoms with Gasteiger partial charge in [-0.1, -0.05) is 6.07 Å². The fraction of sp³-hybridized carbons (Fsp3) is 0.364. The van der Waals surface area contributed by atoms with Crippen LogP contribution in [-0.4, -0.2) is 18.0 Å². The Balaban J connectivity index is 3.08. The van der Waals surface area contributed by atoms with Crippen LogP contribution >= 0.6 is 0 Å². The fourth-order valence-corrected chi connectivity index (χ4v) is 1.34. The molecule has 0 aliphatic carbocycles. The number of benzene rings is 1. The van der Waals surface area contributed by atoms with Gasteiger partial charge in [0.05, 0.1) is 5.56 Å². The number of hydrogen-bond acceptors (Lipinski definition) is 1. The summed E-state index contributed by atoms with van der Waals surface area (Å²) in [5, 5.41) is 1.12. The third kappa shape index (κ3) is 3.61. The van der Waals surface area contributed by atoms with Crippen LogP contribution in [-0.2, 0) is 11.0 Å². The summed E-state index contributed by atoms with van der Waals surface area (Å²) in [5.74, 6) is -8.47. The summed E-state index contributed by atoms with van der Waals surface area (Å²) >= 11 is 0. The smallest absolute Gasteiger partial charge is 0.321 e. The highest BCUT2D eigenvalue weighted by Gasteiger charge is 2.63. The molecule has 0 fully saturated rings. The monoisotopic (exact) mass is 321 g/mol. The summed E-state index contributed by atoms with van der Waals surface area (Å²) in [5.41, 5.74) is -2.35. The molecule has 0 aromatic heterocycles. The molecular formula is C11H7F8NO. The van der Waals surface area contributed by atoms with Crippen molar-refractivity contribution in [2.75, 3.05) is 5.32 Å². The molecule has 0 saturated carbocycles. The third-order valence-corrected chi connectivity index (χ3v) is 2.44. The minimum absolute atomic E-state index is 0.275. The van der Waals surface area contributed by atoms with E-state index in [0.29, 0.717) is 0 Å². The number of halogens is 8. The van der Waals surface area contributed by atoms with Crippen molar-refractivity contribution in [3.63, 3.8) is 0 Å². The van der Waals surface area contributed by atoms with E-state index in [1.54, 1.807) is 0 Å². The summed E-state index contributed by atoms with van der Waals surface area (Å²) in [6, 6.07) is 1.90. The Bertz CT molecular complexity index is 546. The molecule has 0 saturated heterocycles. The van der Waals surface area contributed by atoms with E-state index in [4.69, 9.17) is 0 Å². The predicted molar refractivity (Wildman–Crippen MR) is 55.8 cm³/mol. The number of alkyl halides is 8. The third-order valence-electron chi connectivity index (χ3n) is 2.44. The maximum atomic E-state index is 12.7. The van der Waals surface area contributed by atoms with E-state index in [2.05, 4.69) is 0 Å². The number of anilines is 1. The lowest BCUT2D eigenvalue weighted by molar-refractivity contribution is -0.267. The van der Waals surface area contributed by atoms with Crippen LogP contribution in [0.1, 0.15) is 11.1 Å². The summed E-state index contributed by atoms with van der Waals surface area (Å²) in [6.45, 7) is 1.07. The molecule has 1 rings (SSSR count). The molecule has 1 aromatic rings. The van der Waals surface area contributed by atoms with Crippen LogP contribution < -0.4 is 5.32 Å². The van der Waals surface area contributed by atoms with Crippen molar-refractivity contribution in [2.24, 2.45) is 0 Å². The van der Waals surface area contributed by atoms with Gasteiger partial charge in [-0.15, -0.1) is 0 Å². The molecule has 0 atom stereocenters. The Morgan fingerprint density at radius 3 is 1.95 bits per heavy atom. The Morgan fingerprint density at radius 1 is 1.00 bits per heavy atom. The minimum atomic E-state index is -6.14. The van der Waals surface area contributed by atoms with Gasteiger partial charge in [0.25, 0.3) is 0 Å². The highest BCUT2D eigenvalue weighted by atomic mass is 19.4. The van der Waals surface area contributed by atoms with Gasteiger partial charge in [0, 0.05) is 5.69 Å². The van der Waals surface area contributed by atoms with Gasteiger partial charge in [-0.05, 0) is 24.6 Å². The molecule has 1 aromatic carbocycles. The zero-order valence-electron chi connectivity index (χ0n) is 10.2. The van der Waals surface area contributed by atoms with Crippen molar-refractivity contribution in [2.45, 2.75) is 25.2 Å². The standard InChI is InChI=1S/C11H7F8NO/c1-5-2-3-6(4-7(5)10(14,15)16)20-8(21)9(12,13)11(17,18)19/h2-4H,1H3,(H,20,21). The van der Waals surface area contributed by atoms with Gasteiger partial charge < -0.3 is 5.32 Å². The molecule has 118 valence electrons. The van der Waals surface area contributed by atoms with Gasteiger partial charge in [0.2, 0.25) is 0 Å². The SMILES string of the molecule is Cc1ccc(NC(=O)C(F)(F)C(F)(F)F)cc1C(F)(F)F. The van der Waals surface area contributed by atoms with E-state index < -0.39 is 35.4 Å². The largest absolute Gasteiger partial charge is 0.463 e. The Morgan fingerprint density at radius 2 is 1.52 bits per heavy atom. The predicted octanol–water partition coefficient (Wildman–Crippen LogP) is 4.15. The van der Waals surface area contributed by atoms with Crippen molar-refractivity contribution in [1.29, 1.82) is 0 Å². The first-order valence-corrected chi connectivity index (χ1v) is 5.20. The molecular weight excluding hydrogens is 314 g/mol. The van der Waals surface area contributed by atoms with E-state index in [9.17, 15) is 39.9 Å². The van der Waals surface area contributed by atoms with Crippen LogP contribution in [0.5, 0.6) is 0 Å². The second kappa shape index (κ2) is 5.15. The van der Waals surface area contributed by atoms with E-state index in [0.717, 1.165) is 24.4 Å². The number of hydrogen-bond donors (Lipinski definition) is 1. The quantitative estimate of drug-likeness (QED) is 0.815. The van der Waals surface area contributed by atoms with Crippen molar-refractivity contribution in [3.8, 4) is 0 Å². The van der Waals surface area contributed by atoms with Crippen molar-refractivity contribution in [1.82, 2.24) is 0 Å². The number of amides is 1. The van der Waals surface area contributed by atoms with Gasteiger partial charge in [-0.25, -0.2) is 0 Å². The normalized spacial score (nSPS) is 13.2.